The Kier molecular flexibility index (Phi) is 3.25. The molecule has 0 bridgehead atoms. The standard InChI is InChI=1S/C14H12FN3OS/c15-10-2-1-9-5-6-18(12(9)7-10)8-11-3-4-13(20-11)14(19)17-16/h1-7H,8,16H2,(H,17,19). The molecule has 0 fully saturated rings. The van der Waals surface area contributed by atoms with E-state index in [0.717, 1.165) is 15.8 Å². The van der Waals surface area contributed by atoms with Gasteiger partial charge in [0, 0.05) is 11.1 Å². The number of carbonyl (C=O) groups excluding carboxylic acids is 1. The molecule has 0 aliphatic carbocycles. The lowest BCUT2D eigenvalue weighted by molar-refractivity contribution is 0.0957. The van der Waals surface area contributed by atoms with Gasteiger partial charge >= 0.3 is 0 Å². The Balaban J connectivity index is 1.91. The maximum atomic E-state index is 13.3. The van der Waals surface area contributed by atoms with Crippen LogP contribution in [0.15, 0.2) is 42.6 Å². The molecule has 3 aromatic rings. The van der Waals surface area contributed by atoms with Crippen LogP contribution in [0, 0.1) is 5.82 Å². The minimum Gasteiger partial charge on any atom is -0.342 e. The number of hydrogen-bond donors (Lipinski definition) is 2. The van der Waals surface area contributed by atoms with Crippen molar-refractivity contribution in [2.45, 2.75) is 6.54 Å². The summed E-state index contributed by atoms with van der Waals surface area (Å²) in [6, 6.07) is 10.3. The second-order valence-corrected chi connectivity index (χ2v) is 5.55. The number of fused-ring (bicyclic) bond motifs is 1. The van der Waals surface area contributed by atoms with Crippen molar-refractivity contribution < 1.29 is 9.18 Å². The van der Waals surface area contributed by atoms with Gasteiger partial charge in [0.15, 0.2) is 0 Å². The van der Waals surface area contributed by atoms with Crippen LogP contribution in [-0.2, 0) is 6.54 Å². The minimum atomic E-state index is -0.301. The van der Waals surface area contributed by atoms with Gasteiger partial charge in [0.25, 0.3) is 5.91 Å². The molecule has 1 amide bonds. The molecule has 0 spiro atoms. The Labute approximate surface area is 118 Å². The van der Waals surface area contributed by atoms with Crippen LogP contribution in [0.2, 0.25) is 0 Å². The first-order valence-electron chi connectivity index (χ1n) is 6.01. The van der Waals surface area contributed by atoms with E-state index in [4.69, 9.17) is 5.84 Å². The summed E-state index contributed by atoms with van der Waals surface area (Å²) in [7, 11) is 0. The highest BCUT2D eigenvalue weighted by Gasteiger charge is 2.09. The van der Waals surface area contributed by atoms with Crippen molar-refractivity contribution in [2.24, 2.45) is 5.84 Å². The monoisotopic (exact) mass is 289 g/mol. The average Bonchev–Trinajstić information content (AvgIpc) is 3.06. The first-order valence-corrected chi connectivity index (χ1v) is 6.83. The zero-order valence-electron chi connectivity index (χ0n) is 10.5. The van der Waals surface area contributed by atoms with Crippen LogP contribution < -0.4 is 11.3 Å². The lowest BCUT2D eigenvalue weighted by Crippen LogP contribution is -2.29. The summed E-state index contributed by atoms with van der Waals surface area (Å²) in [6.45, 7) is 0.593. The number of thiophene rings is 1. The summed E-state index contributed by atoms with van der Waals surface area (Å²) in [5.41, 5.74) is 2.94. The summed E-state index contributed by atoms with van der Waals surface area (Å²) < 4.78 is 15.3. The lowest BCUT2D eigenvalue weighted by atomic mass is 10.2. The zero-order chi connectivity index (χ0) is 14.1. The number of carbonyl (C=O) groups is 1. The van der Waals surface area contributed by atoms with Crippen LogP contribution in [-0.4, -0.2) is 10.5 Å². The van der Waals surface area contributed by atoms with E-state index < -0.39 is 0 Å². The zero-order valence-corrected chi connectivity index (χ0v) is 11.3. The molecule has 102 valence electrons. The largest absolute Gasteiger partial charge is 0.342 e. The Morgan fingerprint density at radius 3 is 2.95 bits per heavy atom. The number of nitrogen functional groups attached to an aromatic ring is 1. The highest BCUT2D eigenvalue weighted by Crippen LogP contribution is 2.22. The molecule has 0 saturated heterocycles. The Morgan fingerprint density at radius 1 is 1.30 bits per heavy atom. The van der Waals surface area contributed by atoms with E-state index in [0.29, 0.717) is 11.4 Å². The minimum absolute atomic E-state index is 0.258. The highest BCUT2D eigenvalue weighted by molar-refractivity contribution is 7.14. The Hall–Kier alpha value is -2.18. The number of aromatic nitrogens is 1. The van der Waals surface area contributed by atoms with Crippen molar-refractivity contribution >= 4 is 28.1 Å². The third kappa shape index (κ3) is 2.31. The summed E-state index contributed by atoms with van der Waals surface area (Å²) in [5, 5.41) is 0.989. The average molecular weight is 289 g/mol. The number of hydrogen-bond acceptors (Lipinski definition) is 3. The maximum absolute atomic E-state index is 13.3. The molecule has 2 heterocycles. The molecule has 0 radical (unpaired) electrons. The molecule has 2 aromatic heterocycles. The molecule has 3 rings (SSSR count). The van der Waals surface area contributed by atoms with Crippen LogP contribution >= 0.6 is 11.3 Å². The number of rotatable bonds is 3. The van der Waals surface area contributed by atoms with Crippen LogP contribution in [0.4, 0.5) is 4.39 Å². The van der Waals surface area contributed by atoms with Crippen molar-refractivity contribution in [3.8, 4) is 0 Å². The summed E-state index contributed by atoms with van der Waals surface area (Å²) >= 11 is 1.37. The van der Waals surface area contributed by atoms with Gasteiger partial charge in [-0.15, -0.1) is 11.3 Å². The Morgan fingerprint density at radius 2 is 2.15 bits per heavy atom. The number of nitrogens with two attached hydrogens (primary N) is 1. The van der Waals surface area contributed by atoms with E-state index in [2.05, 4.69) is 5.43 Å². The quantitative estimate of drug-likeness (QED) is 0.442. The maximum Gasteiger partial charge on any atom is 0.275 e. The first-order chi connectivity index (χ1) is 9.67. The number of benzene rings is 1. The summed E-state index contributed by atoms with van der Waals surface area (Å²) in [4.78, 5) is 13.0. The van der Waals surface area contributed by atoms with Gasteiger partial charge in [0.05, 0.1) is 16.9 Å². The SMILES string of the molecule is NNC(=O)c1ccc(Cn2ccc3ccc(F)cc32)s1. The van der Waals surface area contributed by atoms with E-state index in [-0.39, 0.29) is 11.7 Å². The smallest absolute Gasteiger partial charge is 0.275 e. The van der Waals surface area contributed by atoms with Gasteiger partial charge in [-0.1, -0.05) is 0 Å². The number of hydrazine groups is 1. The van der Waals surface area contributed by atoms with Crippen molar-refractivity contribution in [3.63, 3.8) is 0 Å². The number of halogens is 1. The molecule has 0 unspecified atom stereocenters. The Bertz CT molecular complexity index is 778. The second-order valence-electron chi connectivity index (χ2n) is 4.39. The van der Waals surface area contributed by atoms with Gasteiger partial charge in [-0.05, 0) is 41.8 Å². The fourth-order valence-electron chi connectivity index (χ4n) is 2.12. The molecular formula is C14H12FN3OS. The van der Waals surface area contributed by atoms with Crippen LogP contribution in [0.1, 0.15) is 14.5 Å². The number of amides is 1. The van der Waals surface area contributed by atoms with Crippen molar-refractivity contribution in [1.29, 1.82) is 0 Å². The summed E-state index contributed by atoms with van der Waals surface area (Å²) in [5.74, 6) is 4.54. The molecule has 0 atom stereocenters. The molecule has 0 saturated carbocycles. The van der Waals surface area contributed by atoms with E-state index in [1.807, 2.05) is 22.9 Å². The van der Waals surface area contributed by atoms with E-state index in [1.54, 1.807) is 12.1 Å². The molecule has 3 N–H and O–H groups in total. The second kappa shape index (κ2) is 5.07. The molecule has 1 aromatic carbocycles. The number of nitrogens with one attached hydrogen (secondary N) is 1. The molecule has 20 heavy (non-hydrogen) atoms. The van der Waals surface area contributed by atoms with Gasteiger partial charge in [0.1, 0.15) is 5.82 Å². The molecule has 0 aliphatic rings. The van der Waals surface area contributed by atoms with E-state index in [1.165, 1.54) is 23.5 Å². The van der Waals surface area contributed by atoms with Gasteiger partial charge in [-0.25, -0.2) is 10.2 Å². The molecular weight excluding hydrogens is 277 g/mol. The topological polar surface area (TPSA) is 60.0 Å². The molecule has 0 aliphatic heterocycles. The van der Waals surface area contributed by atoms with E-state index >= 15 is 0 Å². The van der Waals surface area contributed by atoms with Crippen LogP contribution in [0.25, 0.3) is 10.9 Å². The third-order valence-electron chi connectivity index (χ3n) is 3.08. The normalized spacial score (nSPS) is 10.9. The van der Waals surface area contributed by atoms with Gasteiger partial charge in [-0.2, -0.15) is 0 Å². The van der Waals surface area contributed by atoms with Crippen molar-refractivity contribution in [3.05, 3.63) is 58.2 Å². The van der Waals surface area contributed by atoms with Gasteiger partial charge < -0.3 is 4.57 Å². The van der Waals surface area contributed by atoms with Crippen LogP contribution in [0.5, 0.6) is 0 Å². The molecule has 6 heteroatoms. The van der Waals surface area contributed by atoms with Crippen molar-refractivity contribution in [1.82, 2.24) is 9.99 Å². The van der Waals surface area contributed by atoms with Crippen LogP contribution in [0.3, 0.4) is 0 Å². The van der Waals surface area contributed by atoms with Gasteiger partial charge in [-0.3, -0.25) is 10.2 Å². The predicted molar refractivity (Wildman–Crippen MR) is 77.0 cm³/mol. The van der Waals surface area contributed by atoms with Crippen molar-refractivity contribution in [2.75, 3.05) is 0 Å². The fourth-order valence-corrected chi connectivity index (χ4v) is 3.03. The van der Waals surface area contributed by atoms with E-state index in [9.17, 15) is 9.18 Å². The highest BCUT2D eigenvalue weighted by atomic mass is 32.1. The number of nitrogens with zero attached hydrogens (tertiary/aromatic N) is 1. The fraction of sp³-hybridized carbons (Fsp3) is 0.0714. The molecule has 4 nitrogen and oxygen atoms in total. The third-order valence-corrected chi connectivity index (χ3v) is 4.15. The summed E-state index contributed by atoms with van der Waals surface area (Å²) in [6.07, 6.45) is 1.91. The predicted octanol–water partition coefficient (Wildman–Crippen LogP) is 2.49. The first kappa shape index (κ1) is 12.8. The lowest BCUT2D eigenvalue weighted by Gasteiger charge is -2.03. The van der Waals surface area contributed by atoms with Gasteiger partial charge in [0.2, 0.25) is 0 Å².